The number of nitrogens with zero attached hydrogens (tertiary/aromatic N) is 3. The smallest absolute Gasteiger partial charge is 0.262 e. The van der Waals surface area contributed by atoms with E-state index in [4.69, 9.17) is 4.98 Å². The molecule has 0 radical (unpaired) electrons. The summed E-state index contributed by atoms with van der Waals surface area (Å²) in [5.41, 5.74) is 1.01. The summed E-state index contributed by atoms with van der Waals surface area (Å²) in [7, 11) is 0. The van der Waals surface area contributed by atoms with Crippen molar-refractivity contribution in [2.75, 3.05) is 31.1 Å². The van der Waals surface area contributed by atoms with E-state index in [-0.39, 0.29) is 17.9 Å². The highest BCUT2D eigenvalue weighted by molar-refractivity contribution is 7.29. The normalized spacial score (nSPS) is 15.0. The number of thiophene rings is 1. The van der Waals surface area contributed by atoms with Crippen LogP contribution in [0.25, 0.3) is 9.53 Å². The Bertz CT molecular complexity index is 995. The molecule has 2 aromatic heterocycles. The van der Waals surface area contributed by atoms with E-state index in [1.54, 1.807) is 11.3 Å². The van der Waals surface area contributed by atoms with Gasteiger partial charge in [-0.15, -0.1) is 11.3 Å². The van der Waals surface area contributed by atoms with Crippen molar-refractivity contribution in [3.8, 4) is 0 Å². The van der Waals surface area contributed by atoms with Gasteiger partial charge >= 0.3 is 0 Å². The molecule has 1 aliphatic rings. The van der Waals surface area contributed by atoms with Crippen molar-refractivity contribution in [3.63, 3.8) is 0 Å². The Kier molecular flexibility index (Phi) is 6.34. The van der Waals surface area contributed by atoms with Crippen LogP contribution in [0, 0.1) is 0 Å². The van der Waals surface area contributed by atoms with Crippen molar-refractivity contribution in [3.05, 3.63) is 46.8 Å². The lowest BCUT2D eigenvalue weighted by molar-refractivity contribution is -0.128. The minimum absolute atomic E-state index is 0.116. The van der Waals surface area contributed by atoms with Gasteiger partial charge in [0.05, 0.1) is 15.6 Å². The Labute approximate surface area is 184 Å². The molecule has 1 saturated heterocycles. The van der Waals surface area contributed by atoms with Crippen LogP contribution in [-0.2, 0) is 4.79 Å². The third kappa shape index (κ3) is 4.34. The molecule has 1 aromatic carbocycles. The summed E-state index contributed by atoms with van der Waals surface area (Å²) in [6.45, 7) is 7.32. The van der Waals surface area contributed by atoms with E-state index in [0.717, 1.165) is 46.3 Å². The van der Waals surface area contributed by atoms with E-state index in [1.807, 2.05) is 41.3 Å². The molecule has 4 rings (SSSR count). The van der Waals surface area contributed by atoms with Crippen LogP contribution >= 0.6 is 22.7 Å². The minimum Gasteiger partial charge on any atom is -0.349 e. The molecule has 30 heavy (non-hydrogen) atoms. The second-order valence-electron chi connectivity index (χ2n) is 7.33. The van der Waals surface area contributed by atoms with Crippen LogP contribution in [0.4, 0.5) is 5.13 Å². The van der Waals surface area contributed by atoms with E-state index < -0.39 is 0 Å². The monoisotopic (exact) mass is 442 g/mol. The Balaban J connectivity index is 1.53. The quantitative estimate of drug-likeness (QED) is 0.565. The number of thiazole rings is 1. The molecule has 0 spiro atoms. The number of nitrogens with one attached hydrogen (secondary N) is 1. The topological polar surface area (TPSA) is 65.5 Å². The van der Waals surface area contributed by atoms with Crippen LogP contribution < -0.4 is 10.2 Å². The first-order valence-electron chi connectivity index (χ1n) is 10.4. The molecule has 6 nitrogen and oxygen atoms in total. The van der Waals surface area contributed by atoms with E-state index in [1.165, 1.54) is 11.3 Å². The summed E-state index contributed by atoms with van der Waals surface area (Å²) >= 11 is 3.05. The summed E-state index contributed by atoms with van der Waals surface area (Å²) in [5.74, 6) is 0.0463. The Morgan fingerprint density at radius 1 is 1.23 bits per heavy atom. The standard InChI is InChI=1S/C22H26N4O2S2/c1-3-25(4-2)22-24-21-18(30-22)13-17(29-21)20(28)23-16(15-9-6-5-7-10-15)14-26-12-8-11-19(26)27/h5-7,9-10,13,16H,3-4,8,11-12,14H2,1-2H3,(H,23,28). The highest BCUT2D eigenvalue weighted by Gasteiger charge is 2.26. The van der Waals surface area contributed by atoms with Crippen LogP contribution in [0.5, 0.6) is 0 Å². The van der Waals surface area contributed by atoms with Crippen molar-refractivity contribution >= 4 is 49.1 Å². The maximum absolute atomic E-state index is 13.0. The van der Waals surface area contributed by atoms with Crippen LogP contribution in [0.3, 0.4) is 0 Å². The van der Waals surface area contributed by atoms with Crippen molar-refractivity contribution in [1.82, 2.24) is 15.2 Å². The lowest BCUT2D eigenvalue weighted by Crippen LogP contribution is -2.38. The van der Waals surface area contributed by atoms with Gasteiger partial charge in [0, 0.05) is 32.6 Å². The van der Waals surface area contributed by atoms with Crippen LogP contribution in [0.15, 0.2) is 36.4 Å². The highest BCUT2D eigenvalue weighted by atomic mass is 32.1. The number of amides is 2. The SMILES string of the molecule is CCN(CC)c1nc2sc(C(=O)NC(CN3CCCC3=O)c3ccccc3)cc2s1. The molecule has 1 N–H and O–H groups in total. The summed E-state index contributed by atoms with van der Waals surface area (Å²) in [6.07, 6.45) is 1.48. The number of aromatic nitrogens is 1. The zero-order valence-corrected chi connectivity index (χ0v) is 18.9. The van der Waals surface area contributed by atoms with Crippen molar-refractivity contribution in [2.45, 2.75) is 32.7 Å². The van der Waals surface area contributed by atoms with Gasteiger partial charge in [-0.25, -0.2) is 4.98 Å². The Morgan fingerprint density at radius 3 is 2.63 bits per heavy atom. The molecule has 1 unspecified atom stereocenters. The average Bonchev–Trinajstić information content (AvgIpc) is 3.44. The maximum atomic E-state index is 13.0. The Hall–Kier alpha value is -2.45. The fourth-order valence-corrected chi connectivity index (χ4v) is 5.97. The number of benzene rings is 1. The molecule has 158 valence electrons. The molecule has 2 amide bonds. The molecule has 3 aromatic rings. The van der Waals surface area contributed by atoms with Gasteiger partial charge in [0.15, 0.2) is 5.13 Å². The first-order chi connectivity index (χ1) is 14.6. The number of hydrogen-bond donors (Lipinski definition) is 1. The highest BCUT2D eigenvalue weighted by Crippen LogP contribution is 2.34. The van der Waals surface area contributed by atoms with E-state index in [2.05, 4.69) is 24.1 Å². The zero-order valence-electron chi connectivity index (χ0n) is 17.3. The molecule has 1 fully saturated rings. The first-order valence-corrected chi connectivity index (χ1v) is 12.0. The van der Waals surface area contributed by atoms with Gasteiger partial charge in [-0.1, -0.05) is 41.7 Å². The number of likely N-dealkylation sites (tertiary alicyclic amines) is 1. The van der Waals surface area contributed by atoms with E-state index >= 15 is 0 Å². The van der Waals surface area contributed by atoms with Gasteiger partial charge in [-0.2, -0.15) is 0 Å². The number of carbonyl (C=O) groups excluding carboxylic acids is 2. The molecule has 1 atom stereocenters. The molecule has 3 heterocycles. The van der Waals surface area contributed by atoms with E-state index in [0.29, 0.717) is 17.8 Å². The van der Waals surface area contributed by atoms with Crippen molar-refractivity contribution in [1.29, 1.82) is 0 Å². The van der Waals surface area contributed by atoms with Gasteiger partial charge in [0.25, 0.3) is 5.91 Å². The second-order valence-corrected chi connectivity index (χ2v) is 9.37. The largest absolute Gasteiger partial charge is 0.349 e. The number of anilines is 1. The van der Waals surface area contributed by atoms with Crippen molar-refractivity contribution < 1.29 is 9.59 Å². The third-order valence-corrected chi connectivity index (χ3v) is 7.64. The fourth-order valence-electron chi connectivity index (χ4n) is 3.73. The summed E-state index contributed by atoms with van der Waals surface area (Å²) in [4.78, 5) is 35.5. The lowest BCUT2D eigenvalue weighted by atomic mass is 10.1. The first kappa shape index (κ1) is 20.8. The second kappa shape index (κ2) is 9.14. The molecule has 1 aliphatic heterocycles. The molecule has 8 heteroatoms. The molecule has 0 bridgehead atoms. The van der Waals surface area contributed by atoms with Gasteiger partial charge in [0.1, 0.15) is 4.83 Å². The molecular weight excluding hydrogens is 416 g/mol. The summed E-state index contributed by atoms with van der Waals surface area (Å²) in [5, 5.41) is 4.15. The minimum atomic E-state index is -0.236. The third-order valence-electron chi connectivity index (χ3n) is 5.42. The zero-order chi connectivity index (χ0) is 21.1. The number of fused-ring (bicyclic) bond motifs is 1. The molecule has 0 aliphatic carbocycles. The van der Waals surface area contributed by atoms with Crippen LogP contribution in [0.2, 0.25) is 0 Å². The van der Waals surface area contributed by atoms with Crippen LogP contribution in [-0.4, -0.2) is 47.9 Å². The molecule has 0 saturated carbocycles. The predicted molar refractivity (Wildman–Crippen MR) is 124 cm³/mol. The summed E-state index contributed by atoms with van der Waals surface area (Å²) < 4.78 is 1.04. The number of carbonyl (C=O) groups is 2. The lowest BCUT2D eigenvalue weighted by Gasteiger charge is -2.25. The van der Waals surface area contributed by atoms with Gasteiger partial charge < -0.3 is 15.1 Å². The Morgan fingerprint density at radius 2 is 2.00 bits per heavy atom. The maximum Gasteiger partial charge on any atom is 0.262 e. The molecular formula is C22H26N4O2S2. The number of hydrogen-bond acceptors (Lipinski definition) is 6. The van der Waals surface area contributed by atoms with Gasteiger partial charge in [-0.3, -0.25) is 9.59 Å². The number of rotatable bonds is 8. The van der Waals surface area contributed by atoms with Gasteiger partial charge in [0.2, 0.25) is 5.91 Å². The predicted octanol–water partition coefficient (Wildman–Crippen LogP) is 4.30. The van der Waals surface area contributed by atoms with Crippen LogP contribution in [0.1, 0.15) is 48.0 Å². The van der Waals surface area contributed by atoms with E-state index in [9.17, 15) is 9.59 Å². The van der Waals surface area contributed by atoms with Gasteiger partial charge in [-0.05, 0) is 31.9 Å². The summed E-state index contributed by atoms with van der Waals surface area (Å²) in [6, 6.07) is 11.6. The van der Waals surface area contributed by atoms with Crippen molar-refractivity contribution in [2.24, 2.45) is 0 Å². The fraction of sp³-hybridized carbons (Fsp3) is 0.409. The average molecular weight is 443 g/mol.